The highest BCUT2D eigenvalue weighted by Crippen LogP contribution is 2.56. The number of alkyl carbamates (subject to hydrolysis) is 1. The molecule has 4 atom stereocenters. The molecule has 2 saturated carbocycles. The van der Waals surface area contributed by atoms with Crippen molar-refractivity contribution in [1.29, 1.82) is 0 Å². The van der Waals surface area contributed by atoms with E-state index in [1.165, 1.54) is 19.0 Å². The first kappa shape index (κ1) is 19.2. The number of likely N-dealkylation sites (tertiary alicyclic amines) is 1. The molecule has 1 aliphatic heterocycles. The highest BCUT2D eigenvalue weighted by Gasteiger charge is 2.54. The number of hydrogen-bond donors (Lipinski definition) is 2. The van der Waals surface area contributed by atoms with Gasteiger partial charge in [-0.05, 0) is 43.1 Å². The van der Waals surface area contributed by atoms with Crippen LogP contribution in [0.25, 0.3) is 0 Å². The fourth-order valence-electron chi connectivity index (χ4n) is 5.77. The summed E-state index contributed by atoms with van der Waals surface area (Å²) in [6.07, 6.45) is 4.43. The first-order valence-electron chi connectivity index (χ1n) is 10.4. The minimum Gasteiger partial charge on any atom is -0.442 e. The van der Waals surface area contributed by atoms with E-state index in [1.807, 2.05) is 6.07 Å². The summed E-state index contributed by atoms with van der Waals surface area (Å²) in [6, 6.07) is 10.4. The number of nitrogens with zero attached hydrogens (tertiary/aromatic N) is 1. The van der Waals surface area contributed by atoms with Crippen molar-refractivity contribution >= 4 is 12.0 Å². The quantitative estimate of drug-likeness (QED) is 0.833. The van der Waals surface area contributed by atoms with Gasteiger partial charge in [-0.25, -0.2) is 4.79 Å². The van der Waals surface area contributed by atoms with Gasteiger partial charge in [-0.3, -0.25) is 4.79 Å². The SMILES string of the molecule is CNC(=O)OC1CN(C(=O)C[C@@]2(c3ccccc3)C3CCC[C@@H]2C[C@@H](O)C3)C1. The van der Waals surface area contributed by atoms with E-state index in [-0.39, 0.29) is 23.5 Å². The molecular formula is C22H30N2O4. The summed E-state index contributed by atoms with van der Waals surface area (Å²) in [5.74, 6) is 0.801. The third-order valence-electron chi connectivity index (χ3n) is 7.11. The molecular weight excluding hydrogens is 356 g/mol. The number of carbonyl (C=O) groups excluding carboxylic acids is 2. The van der Waals surface area contributed by atoms with E-state index in [9.17, 15) is 14.7 Å². The molecule has 2 amide bonds. The Balaban J connectivity index is 1.53. The van der Waals surface area contributed by atoms with Crippen LogP contribution < -0.4 is 5.32 Å². The van der Waals surface area contributed by atoms with Crippen molar-refractivity contribution in [3.63, 3.8) is 0 Å². The Kier molecular flexibility index (Phi) is 5.32. The topological polar surface area (TPSA) is 78.9 Å². The predicted molar refractivity (Wildman–Crippen MR) is 105 cm³/mol. The molecule has 0 aromatic heterocycles. The molecule has 4 rings (SSSR count). The number of ether oxygens (including phenoxy) is 1. The van der Waals surface area contributed by atoms with Crippen LogP contribution in [0.1, 0.15) is 44.1 Å². The van der Waals surface area contributed by atoms with Gasteiger partial charge in [-0.1, -0.05) is 36.8 Å². The smallest absolute Gasteiger partial charge is 0.407 e. The number of benzene rings is 1. The van der Waals surface area contributed by atoms with Crippen molar-refractivity contribution in [2.75, 3.05) is 20.1 Å². The summed E-state index contributed by atoms with van der Waals surface area (Å²) in [5, 5.41) is 12.8. The van der Waals surface area contributed by atoms with Crippen LogP contribution in [-0.4, -0.2) is 54.4 Å². The number of aliphatic hydroxyl groups excluding tert-OH is 1. The number of rotatable bonds is 4. The molecule has 3 fully saturated rings. The molecule has 0 spiro atoms. The zero-order chi connectivity index (χ0) is 19.7. The van der Waals surface area contributed by atoms with Crippen molar-refractivity contribution in [2.45, 2.75) is 56.1 Å². The fraction of sp³-hybridized carbons (Fsp3) is 0.636. The molecule has 2 aliphatic carbocycles. The molecule has 2 N–H and O–H groups in total. The lowest BCUT2D eigenvalue weighted by atomic mass is 9.50. The number of nitrogens with one attached hydrogen (secondary N) is 1. The van der Waals surface area contributed by atoms with Gasteiger partial charge < -0.3 is 20.1 Å². The van der Waals surface area contributed by atoms with Crippen LogP contribution >= 0.6 is 0 Å². The highest BCUT2D eigenvalue weighted by molar-refractivity contribution is 5.79. The molecule has 0 radical (unpaired) electrons. The van der Waals surface area contributed by atoms with E-state index >= 15 is 0 Å². The lowest BCUT2D eigenvalue weighted by molar-refractivity contribution is -0.146. The van der Waals surface area contributed by atoms with E-state index in [0.717, 1.165) is 25.7 Å². The Morgan fingerprint density at radius 2 is 1.82 bits per heavy atom. The lowest BCUT2D eigenvalue weighted by Gasteiger charge is -2.55. The van der Waals surface area contributed by atoms with Gasteiger partial charge in [0.25, 0.3) is 0 Å². The monoisotopic (exact) mass is 386 g/mol. The van der Waals surface area contributed by atoms with Gasteiger partial charge >= 0.3 is 6.09 Å². The zero-order valence-electron chi connectivity index (χ0n) is 16.5. The van der Waals surface area contributed by atoms with E-state index in [1.54, 1.807) is 4.90 Å². The molecule has 1 aromatic carbocycles. The minimum atomic E-state index is -0.450. The van der Waals surface area contributed by atoms with Crippen LogP contribution in [0.15, 0.2) is 30.3 Å². The normalized spacial score (nSPS) is 32.4. The fourth-order valence-corrected chi connectivity index (χ4v) is 5.77. The van der Waals surface area contributed by atoms with Crippen molar-refractivity contribution in [2.24, 2.45) is 11.8 Å². The number of carbonyl (C=O) groups is 2. The molecule has 3 aliphatic rings. The molecule has 2 bridgehead atoms. The molecule has 1 unspecified atom stereocenters. The number of aliphatic hydroxyl groups is 1. The van der Waals surface area contributed by atoms with E-state index in [4.69, 9.17) is 4.74 Å². The molecule has 6 heteroatoms. The van der Waals surface area contributed by atoms with E-state index in [0.29, 0.717) is 31.3 Å². The third-order valence-corrected chi connectivity index (χ3v) is 7.11. The highest BCUT2D eigenvalue weighted by atomic mass is 16.6. The Hall–Kier alpha value is -2.08. The molecule has 1 heterocycles. The average Bonchev–Trinajstić information content (AvgIpc) is 2.65. The van der Waals surface area contributed by atoms with Crippen LogP contribution in [0.3, 0.4) is 0 Å². The van der Waals surface area contributed by atoms with Gasteiger partial charge in [0.1, 0.15) is 6.10 Å². The maximum Gasteiger partial charge on any atom is 0.407 e. The van der Waals surface area contributed by atoms with Crippen molar-refractivity contribution in [3.05, 3.63) is 35.9 Å². The number of hydrogen-bond acceptors (Lipinski definition) is 4. The summed E-state index contributed by atoms with van der Waals surface area (Å²) in [6.45, 7) is 0.935. The van der Waals surface area contributed by atoms with Gasteiger partial charge in [0.05, 0.1) is 19.2 Å². The molecule has 28 heavy (non-hydrogen) atoms. The molecule has 152 valence electrons. The zero-order valence-corrected chi connectivity index (χ0v) is 16.5. The maximum atomic E-state index is 13.2. The third kappa shape index (κ3) is 3.39. The maximum absolute atomic E-state index is 13.2. The van der Waals surface area contributed by atoms with Crippen LogP contribution in [0.2, 0.25) is 0 Å². The lowest BCUT2D eigenvalue weighted by Crippen LogP contribution is -2.59. The van der Waals surface area contributed by atoms with Crippen LogP contribution in [-0.2, 0) is 14.9 Å². The van der Waals surface area contributed by atoms with Crippen molar-refractivity contribution in [1.82, 2.24) is 10.2 Å². The first-order chi connectivity index (χ1) is 13.5. The predicted octanol–water partition coefficient (Wildman–Crippen LogP) is 2.45. The summed E-state index contributed by atoms with van der Waals surface area (Å²) in [7, 11) is 1.53. The average molecular weight is 386 g/mol. The largest absolute Gasteiger partial charge is 0.442 e. The van der Waals surface area contributed by atoms with Crippen molar-refractivity contribution < 1.29 is 19.4 Å². The Labute approximate surface area is 166 Å². The van der Waals surface area contributed by atoms with Crippen LogP contribution in [0, 0.1) is 11.8 Å². The Bertz CT molecular complexity index is 703. The summed E-state index contributed by atoms with van der Waals surface area (Å²) in [4.78, 5) is 26.3. The van der Waals surface area contributed by atoms with Gasteiger partial charge in [0.2, 0.25) is 5.91 Å². The Morgan fingerprint density at radius 3 is 2.43 bits per heavy atom. The standard InChI is InChI=1S/C22H30N2O4/c1-23-21(27)28-19-13-24(14-19)20(26)12-22(15-6-3-2-4-7-15)16-8-5-9-17(22)11-18(25)10-16/h2-4,6-7,16-19,25H,5,8-14H2,1H3,(H,23,27)/t16-,17?,18-,22+/m1/s1. The minimum absolute atomic E-state index is 0.133. The molecule has 6 nitrogen and oxygen atoms in total. The first-order valence-corrected chi connectivity index (χ1v) is 10.4. The summed E-state index contributed by atoms with van der Waals surface area (Å²) < 4.78 is 5.23. The van der Waals surface area contributed by atoms with Crippen LogP contribution in [0.5, 0.6) is 0 Å². The second-order valence-corrected chi connectivity index (χ2v) is 8.61. The second kappa shape index (κ2) is 7.74. The molecule has 1 saturated heterocycles. The number of fused-ring (bicyclic) bond motifs is 2. The Morgan fingerprint density at radius 1 is 1.18 bits per heavy atom. The summed E-state index contributed by atoms with van der Waals surface area (Å²) in [5.41, 5.74) is 1.05. The van der Waals surface area contributed by atoms with E-state index < -0.39 is 6.09 Å². The summed E-state index contributed by atoms with van der Waals surface area (Å²) >= 11 is 0. The van der Waals surface area contributed by atoms with E-state index in [2.05, 4.69) is 29.6 Å². The van der Waals surface area contributed by atoms with Gasteiger partial charge in [-0.15, -0.1) is 0 Å². The second-order valence-electron chi connectivity index (χ2n) is 8.61. The van der Waals surface area contributed by atoms with Crippen LogP contribution in [0.4, 0.5) is 4.79 Å². The van der Waals surface area contributed by atoms with Gasteiger partial charge in [-0.2, -0.15) is 0 Å². The van der Waals surface area contributed by atoms with Gasteiger partial charge in [0, 0.05) is 18.9 Å². The van der Waals surface area contributed by atoms with Crippen molar-refractivity contribution in [3.8, 4) is 0 Å². The van der Waals surface area contributed by atoms with Gasteiger partial charge in [0.15, 0.2) is 0 Å². The molecule has 1 aromatic rings. The number of amides is 2.